The second kappa shape index (κ2) is 8.96. The van der Waals surface area contributed by atoms with E-state index in [0.717, 1.165) is 27.8 Å². The molecule has 1 saturated heterocycles. The number of aromatic nitrogens is 1. The van der Waals surface area contributed by atoms with Crippen molar-refractivity contribution in [1.29, 1.82) is 0 Å². The predicted molar refractivity (Wildman–Crippen MR) is 131 cm³/mol. The number of ether oxygens (including phenoxy) is 1. The fraction of sp³-hybridized carbons (Fsp3) is 0.222. The lowest BCUT2D eigenvalue weighted by atomic mass is 10.0. The summed E-state index contributed by atoms with van der Waals surface area (Å²) in [5.74, 6) is 0.751. The third-order valence-electron chi connectivity index (χ3n) is 6.13. The molecule has 0 atom stereocenters. The molecule has 0 spiro atoms. The SMILES string of the molecule is Cc1cccc(-c2ccc(S(=O)(=O)N3CCC(Oc4cccc5cccnc45)CC3)cc2)c1. The number of pyridine rings is 1. The fourth-order valence-corrected chi connectivity index (χ4v) is 5.80. The van der Waals surface area contributed by atoms with Gasteiger partial charge in [0.05, 0.1) is 4.90 Å². The van der Waals surface area contributed by atoms with Gasteiger partial charge in [0.25, 0.3) is 0 Å². The molecule has 0 N–H and O–H groups in total. The van der Waals surface area contributed by atoms with Crippen LogP contribution in [0, 0.1) is 6.92 Å². The summed E-state index contributed by atoms with van der Waals surface area (Å²) in [4.78, 5) is 4.77. The Bertz CT molecular complexity index is 1370. The molecule has 0 unspecified atom stereocenters. The van der Waals surface area contributed by atoms with Crippen LogP contribution in [0.1, 0.15) is 18.4 Å². The van der Waals surface area contributed by atoms with Gasteiger partial charge < -0.3 is 4.74 Å². The summed E-state index contributed by atoms with van der Waals surface area (Å²) in [6.45, 7) is 2.92. The summed E-state index contributed by atoms with van der Waals surface area (Å²) in [5, 5.41) is 1.03. The zero-order valence-electron chi connectivity index (χ0n) is 18.5. The summed E-state index contributed by atoms with van der Waals surface area (Å²) in [6, 6.07) is 25.2. The molecule has 1 aliphatic heterocycles. The first-order valence-electron chi connectivity index (χ1n) is 11.2. The van der Waals surface area contributed by atoms with Crippen molar-refractivity contribution in [3.63, 3.8) is 0 Å². The van der Waals surface area contributed by atoms with Gasteiger partial charge in [-0.05, 0) is 55.2 Å². The molecule has 0 bridgehead atoms. The van der Waals surface area contributed by atoms with Gasteiger partial charge in [0.2, 0.25) is 10.0 Å². The molecule has 33 heavy (non-hydrogen) atoms. The molecule has 1 aromatic heterocycles. The van der Waals surface area contributed by atoms with E-state index in [0.29, 0.717) is 30.8 Å². The van der Waals surface area contributed by atoms with Crippen LogP contribution < -0.4 is 4.74 Å². The molecular formula is C27H26N2O3S. The number of rotatable bonds is 5. The Hall–Kier alpha value is -3.22. The molecule has 5 rings (SSSR count). The van der Waals surface area contributed by atoms with Crippen LogP contribution >= 0.6 is 0 Å². The van der Waals surface area contributed by atoms with Crippen LogP contribution in [-0.2, 0) is 10.0 Å². The maximum atomic E-state index is 13.2. The van der Waals surface area contributed by atoms with Crippen LogP contribution in [-0.4, -0.2) is 36.9 Å². The minimum Gasteiger partial charge on any atom is -0.488 e. The van der Waals surface area contributed by atoms with Gasteiger partial charge in [-0.3, -0.25) is 4.98 Å². The molecule has 0 amide bonds. The van der Waals surface area contributed by atoms with E-state index in [2.05, 4.69) is 11.1 Å². The number of hydrogen-bond donors (Lipinski definition) is 0. The lowest BCUT2D eigenvalue weighted by molar-refractivity contribution is 0.136. The molecule has 168 valence electrons. The molecule has 4 aromatic rings. The van der Waals surface area contributed by atoms with E-state index >= 15 is 0 Å². The third kappa shape index (κ3) is 4.49. The van der Waals surface area contributed by atoms with Gasteiger partial charge in [0.15, 0.2) is 0 Å². The average Bonchev–Trinajstić information content (AvgIpc) is 2.85. The Morgan fingerprint density at radius 2 is 1.61 bits per heavy atom. The first-order valence-corrected chi connectivity index (χ1v) is 12.6. The summed E-state index contributed by atoms with van der Waals surface area (Å²) in [7, 11) is -3.53. The van der Waals surface area contributed by atoms with Crippen molar-refractivity contribution in [2.24, 2.45) is 0 Å². The highest BCUT2D eigenvalue weighted by molar-refractivity contribution is 7.89. The van der Waals surface area contributed by atoms with E-state index < -0.39 is 10.0 Å². The molecule has 0 radical (unpaired) electrons. The van der Waals surface area contributed by atoms with Gasteiger partial charge in [0, 0.05) is 24.7 Å². The number of fused-ring (bicyclic) bond motifs is 1. The highest BCUT2D eigenvalue weighted by Gasteiger charge is 2.30. The molecule has 6 heteroatoms. The second-order valence-electron chi connectivity index (χ2n) is 8.45. The van der Waals surface area contributed by atoms with Crippen LogP contribution in [0.2, 0.25) is 0 Å². The van der Waals surface area contributed by atoms with Crippen LogP contribution in [0.5, 0.6) is 5.75 Å². The highest BCUT2D eigenvalue weighted by Crippen LogP contribution is 2.29. The number of piperidine rings is 1. The predicted octanol–water partition coefficient (Wildman–Crippen LogP) is 5.44. The van der Waals surface area contributed by atoms with Crippen molar-refractivity contribution in [3.8, 4) is 16.9 Å². The summed E-state index contributed by atoms with van der Waals surface area (Å²) in [6.07, 6.45) is 3.01. The molecule has 3 aromatic carbocycles. The first kappa shape index (κ1) is 21.6. The standard InChI is InChI=1S/C27H26N2O3S/c1-20-5-2-7-23(19-20)21-10-12-25(13-11-21)33(30,31)29-17-14-24(15-18-29)32-26-9-3-6-22-8-4-16-28-27(22)26/h2-13,16,19,24H,14-15,17-18H2,1H3. The average molecular weight is 459 g/mol. The molecular weight excluding hydrogens is 432 g/mol. The van der Waals surface area contributed by atoms with Crippen molar-refractivity contribution in [3.05, 3.63) is 90.6 Å². The van der Waals surface area contributed by atoms with Crippen LogP contribution in [0.4, 0.5) is 0 Å². The van der Waals surface area contributed by atoms with E-state index in [4.69, 9.17) is 4.74 Å². The van der Waals surface area contributed by atoms with Crippen molar-refractivity contribution >= 4 is 20.9 Å². The Balaban J connectivity index is 1.26. The van der Waals surface area contributed by atoms with E-state index in [9.17, 15) is 8.42 Å². The Labute approximate surface area is 194 Å². The molecule has 2 heterocycles. The summed E-state index contributed by atoms with van der Waals surface area (Å²) < 4.78 is 34.2. The number of sulfonamides is 1. The largest absolute Gasteiger partial charge is 0.488 e. The lowest BCUT2D eigenvalue weighted by Crippen LogP contribution is -2.41. The smallest absolute Gasteiger partial charge is 0.243 e. The van der Waals surface area contributed by atoms with Crippen LogP contribution in [0.15, 0.2) is 90.0 Å². The minimum atomic E-state index is -3.53. The van der Waals surface area contributed by atoms with E-state index in [1.54, 1.807) is 22.6 Å². The van der Waals surface area contributed by atoms with Gasteiger partial charge >= 0.3 is 0 Å². The second-order valence-corrected chi connectivity index (χ2v) is 10.4. The van der Waals surface area contributed by atoms with Crippen molar-refractivity contribution in [2.45, 2.75) is 30.8 Å². The Morgan fingerprint density at radius 1 is 0.879 bits per heavy atom. The Morgan fingerprint density at radius 3 is 2.36 bits per heavy atom. The van der Waals surface area contributed by atoms with Gasteiger partial charge in [0.1, 0.15) is 17.4 Å². The zero-order valence-corrected chi connectivity index (χ0v) is 19.3. The van der Waals surface area contributed by atoms with E-state index in [1.165, 1.54) is 5.56 Å². The summed E-state index contributed by atoms with van der Waals surface area (Å²) >= 11 is 0. The first-order chi connectivity index (χ1) is 16.0. The van der Waals surface area contributed by atoms with Gasteiger partial charge in [-0.2, -0.15) is 4.31 Å². The van der Waals surface area contributed by atoms with E-state index in [1.807, 2.05) is 67.6 Å². The quantitative estimate of drug-likeness (QED) is 0.399. The van der Waals surface area contributed by atoms with Crippen LogP contribution in [0.3, 0.4) is 0 Å². The maximum absolute atomic E-state index is 13.2. The molecule has 0 saturated carbocycles. The van der Waals surface area contributed by atoms with Crippen LogP contribution in [0.25, 0.3) is 22.0 Å². The third-order valence-corrected chi connectivity index (χ3v) is 8.05. The fourth-order valence-electron chi connectivity index (χ4n) is 4.33. The number of hydrogen-bond acceptors (Lipinski definition) is 4. The van der Waals surface area contributed by atoms with Crippen molar-refractivity contribution < 1.29 is 13.2 Å². The van der Waals surface area contributed by atoms with E-state index in [-0.39, 0.29) is 6.10 Å². The topological polar surface area (TPSA) is 59.5 Å². The maximum Gasteiger partial charge on any atom is 0.243 e. The normalized spacial score (nSPS) is 15.5. The van der Waals surface area contributed by atoms with Crippen molar-refractivity contribution in [2.75, 3.05) is 13.1 Å². The molecule has 1 fully saturated rings. The lowest BCUT2D eigenvalue weighted by Gasteiger charge is -2.31. The highest BCUT2D eigenvalue weighted by atomic mass is 32.2. The summed E-state index contributed by atoms with van der Waals surface area (Å²) in [5.41, 5.74) is 4.10. The Kier molecular flexibility index (Phi) is 5.87. The van der Waals surface area contributed by atoms with Gasteiger partial charge in [-0.1, -0.05) is 60.2 Å². The molecule has 0 aliphatic carbocycles. The molecule has 1 aliphatic rings. The van der Waals surface area contributed by atoms with Crippen molar-refractivity contribution in [1.82, 2.24) is 9.29 Å². The monoisotopic (exact) mass is 458 g/mol. The van der Waals surface area contributed by atoms with Gasteiger partial charge in [-0.15, -0.1) is 0 Å². The zero-order chi connectivity index (χ0) is 22.8. The minimum absolute atomic E-state index is 0.0345. The number of para-hydroxylation sites is 1. The number of nitrogens with zero attached hydrogens (tertiary/aromatic N) is 2. The number of benzene rings is 3. The van der Waals surface area contributed by atoms with Gasteiger partial charge in [-0.25, -0.2) is 8.42 Å². The number of aryl methyl sites for hydroxylation is 1. The molecule has 5 nitrogen and oxygen atoms in total.